The lowest BCUT2D eigenvalue weighted by atomic mass is 9.82. The van der Waals surface area contributed by atoms with E-state index in [2.05, 4.69) is 10.3 Å². The predicted octanol–water partition coefficient (Wildman–Crippen LogP) is 5.87. The fourth-order valence-corrected chi connectivity index (χ4v) is 4.42. The van der Waals surface area contributed by atoms with Gasteiger partial charge >= 0.3 is 5.97 Å². The average molecular weight is 529 g/mol. The number of ether oxygens (including phenoxy) is 1. The van der Waals surface area contributed by atoms with Crippen LogP contribution in [-0.4, -0.2) is 41.2 Å². The molecule has 7 nitrogen and oxygen atoms in total. The first-order chi connectivity index (χ1) is 17.7. The van der Waals surface area contributed by atoms with Crippen molar-refractivity contribution < 1.29 is 28.2 Å². The smallest absolute Gasteiger partial charge is 0.311 e. The quantitative estimate of drug-likeness (QED) is 0.305. The van der Waals surface area contributed by atoms with E-state index in [-0.39, 0.29) is 30.5 Å². The van der Waals surface area contributed by atoms with Gasteiger partial charge in [-0.15, -0.1) is 0 Å². The molecule has 1 fully saturated rings. The summed E-state index contributed by atoms with van der Waals surface area (Å²) in [5.41, 5.74) is 0.837. The molecule has 0 bridgehead atoms. The molecule has 196 valence electrons. The van der Waals surface area contributed by atoms with E-state index >= 15 is 0 Å². The first kappa shape index (κ1) is 26.8. The summed E-state index contributed by atoms with van der Waals surface area (Å²) in [6.45, 7) is 3.79. The molecule has 4 rings (SSSR count). The standard InChI is InChI=1S/C28H30ClFN2O5/c1-3-36-16-28(2,27(34)35)14-21(31-25(33)24-15-37-26(32-24)19-8-9-19)12-17-4-6-18(7-5-17)22-13-20(29)10-11-23(22)30/h4-7,10-11,13,15,19,21H,3,8-9,12,14,16H2,1-2H3,(H,31,33)(H,34,35)/t21-,28?/m1/s1. The summed E-state index contributed by atoms with van der Waals surface area (Å²) >= 11 is 6.03. The van der Waals surface area contributed by atoms with Gasteiger partial charge < -0.3 is 19.6 Å². The highest BCUT2D eigenvalue weighted by Crippen LogP contribution is 2.39. The number of nitrogens with zero attached hydrogens (tertiary/aromatic N) is 1. The molecular formula is C28H30ClFN2O5. The van der Waals surface area contributed by atoms with Crippen LogP contribution in [0, 0.1) is 11.2 Å². The zero-order valence-electron chi connectivity index (χ0n) is 20.8. The number of amides is 1. The Labute approximate surface area is 220 Å². The molecule has 1 aliphatic carbocycles. The van der Waals surface area contributed by atoms with Crippen molar-refractivity contribution in [1.82, 2.24) is 10.3 Å². The lowest BCUT2D eigenvalue weighted by molar-refractivity contribution is -0.152. The van der Waals surface area contributed by atoms with Crippen LogP contribution in [0.5, 0.6) is 0 Å². The SMILES string of the molecule is CCOCC(C)(C[C@@H](Cc1ccc(-c2cc(Cl)ccc2F)cc1)NC(=O)c1coc(C2CC2)n1)C(=O)O. The second-order valence-corrected chi connectivity index (χ2v) is 10.2. The number of aromatic nitrogens is 1. The molecular weight excluding hydrogens is 499 g/mol. The van der Waals surface area contributed by atoms with Gasteiger partial charge in [-0.25, -0.2) is 9.37 Å². The number of halogens is 2. The number of hydrogen-bond donors (Lipinski definition) is 2. The van der Waals surface area contributed by atoms with Gasteiger partial charge in [0.25, 0.3) is 5.91 Å². The molecule has 0 aliphatic heterocycles. The normalized spacial score (nSPS) is 15.7. The minimum Gasteiger partial charge on any atom is -0.481 e. The number of rotatable bonds is 12. The van der Waals surface area contributed by atoms with Gasteiger partial charge in [0.1, 0.15) is 12.1 Å². The van der Waals surface area contributed by atoms with Crippen LogP contribution in [0.4, 0.5) is 4.39 Å². The minimum absolute atomic E-state index is 0.00791. The first-order valence-electron chi connectivity index (χ1n) is 12.3. The second kappa shape index (κ2) is 11.4. The van der Waals surface area contributed by atoms with Crippen LogP contribution >= 0.6 is 11.6 Å². The van der Waals surface area contributed by atoms with Crippen LogP contribution in [-0.2, 0) is 16.0 Å². The summed E-state index contributed by atoms with van der Waals surface area (Å²) < 4.78 is 25.2. The van der Waals surface area contributed by atoms with Gasteiger partial charge in [-0.3, -0.25) is 9.59 Å². The van der Waals surface area contributed by atoms with E-state index in [9.17, 15) is 19.1 Å². The molecule has 1 amide bonds. The van der Waals surface area contributed by atoms with E-state index in [1.54, 1.807) is 32.0 Å². The topological polar surface area (TPSA) is 102 Å². The summed E-state index contributed by atoms with van der Waals surface area (Å²) in [6, 6.07) is 11.1. The monoisotopic (exact) mass is 528 g/mol. The summed E-state index contributed by atoms with van der Waals surface area (Å²) in [6.07, 6.45) is 3.81. The van der Waals surface area contributed by atoms with Crippen LogP contribution in [0.25, 0.3) is 11.1 Å². The van der Waals surface area contributed by atoms with E-state index in [0.717, 1.165) is 18.4 Å². The van der Waals surface area contributed by atoms with Crippen LogP contribution in [0.1, 0.15) is 61.0 Å². The van der Waals surface area contributed by atoms with Crippen molar-refractivity contribution in [1.29, 1.82) is 0 Å². The number of carboxylic acids is 1. The summed E-state index contributed by atoms with van der Waals surface area (Å²) in [4.78, 5) is 29.5. The molecule has 2 aromatic carbocycles. The average Bonchev–Trinajstić information content (AvgIpc) is 3.60. The predicted molar refractivity (Wildman–Crippen MR) is 137 cm³/mol. The third-order valence-electron chi connectivity index (χ3n) is 6.53. The van der Waals surface area contributed by atoms with Gasteiger partial charge in [-0.2, -0.15) is 0 Å². The fraction of sp³-hybridized carbons (Fsp3) is 0.393. The van der Waals surface area contributed by atoms with Crippen molar-refractivity contribution >= 4 is 23.5 Å². The summed E-state index contributed by atoms with van der Waals surface area (Å²) in [7, 11) is 0. The number of benzene rings is 2. The highest BCUT2D eigenvalue weighted by Gasteiger charge is 2.37. The zero-order valence-corrected chi connectivity index (χ0v) is 21.6. The van der Waals surface area contributed by atoms with E-state index in [4.69, 9.17) is 20.8 Å². The third kappa shape index (κ3) is 6.76. The molecule has 1 aromatic heterocycles. The van der Waals surface area contributed by atoms with E-state index in [1.807, 2.05) is 12.1 Å². The molecule has 2 atom stereocenters. The number of carbonyl (C=O) groups excluding carboxylic acids is 1. The van der Waals surface area contributed by atoms with Gasteiger partial charge in [-0.1, -0.05) is 35.9 Å². The van der Waals surface area contributed by atoms with Crippen molar-refractivity contribution in [2.45, 2.75) is 51.5 Å². The maximum atomic E-state index is 14.3. The molecule has 0 spiro atoms. The molecule has 3 aromatic rings. The van der Waals surface area contributed by atoms with Gasteiger partial charge in [0, 0.05) is 29.2 Å². The molecule has 0 radical (unpaired) electrons. The Hall–Kier alpha value is -3.23. The Balaban J connectivity index is 1.54. The molecule has 9 heteroatoms. The lowest BCUT2D eigenvalue weighted by Crippen LogP contribution is -2.44. The molecule has 1 unspecified atom stereocenters. The van der Waals surface area contributed by atoms with Crippen molar-refractivity contribution in [3.63, 3.8) is 0 Å². The zero-order chi connectivity index (χ0) is 26.6. The molecule has 1 saturated carbocycles. The van der Waals surface area contributed by atoms with Crippen LogP contribution < -0.4 is 5.32 Å². The number of carbonyl (C=O) groups is 2. The highest BCUT2D eigenvalue weighted by molar-refractivity contribution is 6.30. The Bertz CT molecular complexity index is 1260. The Morgan fingerprint density at radius 1 is 1.27 bits per heavy atom. The fourth-order valence-electron chi connectivity index (χ4n) is 4.25. The van der Waals surface area contributed by atoms with Gasteiger partial charge in [0.15, 0.2) is 11.6 Å². The maximum absolute atomic E-state index is 14.3. The minimum atomic E-state index is -1.22. The Kier molecular flexibility index (Phi) is 8.29. The number of hydrogen-bond acceptors (Lipinski definition) is 5. The highest BCUT2D eigenvalue weighted by atomic mass is 35.5. The van der Waals surface area contributed by atoms with E-state index < -0.39 is 23.3 Å². The van der Waals surface area contributed by atoms with Gasteiger partial charge in [0.05, 0.1) is 12.0 Å². The lowest BCUT2D eigenvalue weighted by Gasteiger charge is -2.30. The van der Waals surface area contributed by atoms with Crippen molar-refractivity contribution in [2.75, 3.05) is 13.2 Å². The number of oxazole rings is 1. The van der Waals surface area contributed by atoms with Crippen LogP contribution in [0.15, 0.2) is 53.1 Å². The number of carboxylic acid groups (broad SMARTS) is 1. The third-order valence-corrected chi connectivity index (χ3v) is 6.76. The summed E-state index contributed by atoms with van der Waals surface area (Å²) in [5, 5.41) is 13.3. The number of nitrogens with one attached hydrogen (secondary N) is 1. The Morgan fingerprint density at radius 2 is 2.00 bits per heavy atom. The maximum Gasteiger partial charge on any atom is 0.311 e. The van der Waals surface area contributed by atoms with E-state index in [1.165, 1.54) is 18.4 Å². The van der Waals surface area contributed by atoms with Crippen LogP contribution in [0.3, 0.4) is 0 Å². The van der Waals surface area contributed by atoms with Gasteiger partial charge in [-0.05, 0) is 68.9 Å². The van der Waals surface area contributed by atoms with Crippen molar-refractivity contribution in [3.05, 3.63) is 76.7 Å². The number of aliphatic carboxylic acids is 1. The van der Waals surface area contributed by atoms with E-state index in [0.29, 0.717) is 35.1 Å². The van der Waals surface area contributed by atoms with Crippen LogP contribution in [0.2, 0.25) is 5.02 Å². The van der Waals surface area contributed by atoms with Crippen molar-refractivity contribution in [2.24, 2.45) is 5.41 Å². The van der Waals surface area contributed by atoms with Gasteiger partial charge in [0.2, 0.25) is 0 Å². The second-order valence-electron chi connectivity index (χ2n) is 9.75. The van der Waals surface area contributed by atoms with Crippen molar-refractivity contribution in [3.8, 4) is 11.1 Å². The summed E-state index contributed by atoms with van der Waals surface area (Å²) in [5.74, 6) is -1.00. The molecule has 37 heavy (non-hydrogen) atoms. The largest absolute Gasteiger partial charge is 0.481 e. The molecule has 0 saturated heterocycles. The molecule has 2 N–H and O–H groups in total. The molecule has 1 aliphatic rings. The first-order valence-corrected chi connectivity index (χ1v) is 12.7. The molecule has 1 heterocycles. The Morgan fingerprint density at radius 3 is 2.65 bits per heavy atom.